The number of halogens is 2. The number of piperazine rings is 1. The summed E-state index contributed by atoms with van der Waals surface area (Å²) in [6.45, 7) is 1.20. The van der Waals surface area contributed by atoms with E-state index in [9.17, 15) is 13.2 Å². The minimum atomic E-state index is -3.75. The van der Waals surface area contributed by atoms with E-state index in [0.717, 1.165) is 36.5 Å². The molecule has 0 aromatic heterocycles. The molecule has 2 aliphatic rings. The Bertz CT molecular complexity index is 1120. The van der Waals surface area contributed by atoms with Gasteiger partial charge in [0.1, 0.15) is 0 Å². The SMILES string of the molecule is Cl.N=C(N)[C@H]1CC[C@H](CN2CCN(S(=O)(=O)c3ccc4cc(Cl)ccc4c3)CC2=O)CC1. The molecule has 1 heterocycles. The second-order valence-corrected chi connectivity index (χ2v) is 10.9. The van der Waals surface area contributed by atoms with Crippen molar-refractivity contribution in [2.75, 3.05) is 26.2 Å². The topological polar surface area (TPSA) is 108 Å². The van der Waals surface area contributed by atoms with E-state index >= 15 is 0 Å². The van der Waals surface area contributed by atoms with E-state index in [4.69, 9.17) is 22.7 Å². The summed E-state index contributed by atoms with van der Waals surface area (Å²) in [6.07, 6.45) is 3.65. The molecule has 0 bridgehead atoms. The molecule has 3 N–H and O–H groups in total. The van der Waals surface area contributed by atoms with Gasteiger partial charge in [-0.2, -0.15) is 4.31 Å². The quantitative estimate of drug-likeness (QED) is 0.485. The fourth-order valence-corrected chi connectivity index (χ4v) is 6.15. The highest BCUT2D eigenvalue weighted by atomic mass is 35.5. The first-order valence-corrected chi connectivity index (χ1v) is 12.4. The van der Waals surface area contributed by atoms with Gasteiger partial charge in [-0.3, -0.25) is 10.2 Å². The maximum absolute atomic E-state index is 13.1. The molecule has 2 aromatic carbocycles. The van der Waals surface area contributed by atoms with Gasteiger partial charge in [0.2, 0.25) is 15.9 Å². The van der Waals surface area contributed by atoms with Gasteiger partial charge < -0.3 is 10.6 Å². The monoisotopic (exact) mass is 498 g/mol. The Morgan fingerprint density at radius 2 is 1.72 bits per heavy atom. The van der Waals surface area contributed by atoms with E-state index in [-0.39, 0.29) is 48.1 Å². The van der Waals surface area contributed by atoms with Crippen molar-refractivity contribution < 1.29 is 13.2 Å². The number of amides is 1. The summed E-state index contributed by atoms with van der Waals surface area (Å²) in [5.41, 5.74) is 5.61. The summed E-state index contributed by atoms with van der Waals surface area (Å²) < 4.78 is 27.5. The number of nitrogens with one attached hydrogen (secondary N) is 1. The third-order valence-corrected chi connectivity index (χ3v) is 8.54. The molecule has 1 saturated heterocycles. The number of fused-ring (bicyclic) bond motifs is 1. The van der Waals surface area contributed by atoms with Crippen LogP contribution >= 0.6 is 24.0 Å². The van der Waals surface area contributed by atoms with Gasteiger partial charge in [0, 0.05) is 30.6 Å². The molecular weight excluding hydrogens is 471 g/mol. The van der Waals surface area contributed by atoms with E-state index in [1.807, 2.05) is 0 Å². The fourth-order valence-electron chi connectivity index (χ4n) is 4.56. The Kier molecular flexibility index (Phi) is 7.70. The Labute approximate surface area is 199 Å². The number of benzene rings is 2. The largest absolute Gasteiger partial charge is 0.387 e. The lowest BCUT2D eigenvalue weighted by Crippen LogP contribution is -2.53. The van der Waals surface area contributed by atoms with E-state index in [1.165, 1.54) is 4.31 Å². The molecule has 7 nitrogen and oxygen atoms in total. The predicted octanol–water partition coefficient (Wildman–Crippen LogP) is 3.49. The van der Waals surface area contributed by atoms with E-state index in [1.54, 1.807) is 41.3 Å². The van der Waals surface area contributed by atoms with Crippen molar-refractivity contribution in [1.29, 1.82) is 5.41 Å². The van der Waals surface area contributed by atoms with Gasteiger partial charge in [0.05, 0.1) is 17.3 Å². The zero-order valence-corrected chi connectivity index (χ0v) is 20.1. The number of rotatable bonds is 5. The number of sulfonamides is 1. The van der Waals surface area contributed by atoms with Gasteiger partial charge >= 0.3 is 0 Å². The highest BCUT2D eigenvalue weighted by Gasteiger charge is 2.34. The van der Waals surface area contributed by atoms with Crippen molar-refractivity contribution in [2.45, 2.75) is 30.6 Å². The molecule has 0 unspecified atom stereocenters. The number of carbonyl (C=O) groups excluding carboxylic acids is 1. The summed E-state index contributed by atoms with van der Waals surface area (Å²) in [5, 5.41) is 9.84. The number of hydrogen-bond donors (Lipinski definition) is 2. The van der Waals surface area contributed by atoms with Crippen LogP contribution in [0.2, 0.25) is 5.02 Å². The molecule has 1 aliphatic carbocycles. The number of hydrogen-bond acceptors (Lipinski definition) is 4. The first kappa shape index (κ1) is 24.8. The molecule has 32 heavy (non-hydrogen) atoms. The van der Waals surface area contributed by atoms with Crippen LogP contribution in [0.5, 0.6) is 0 Å². The molecule has 2 aromatic rings. The molecule has 10 heteroatoms. The molecule has 174 valence electrons. The summed E-state index contributed by atoms with van der Waals surface area (Å²) >= 11 is 6.01. The lowest BCUT2D eigenvalue weighted by Gasteiger charge is -2.37. The van der Waals surface area contributed by atoms with Gasteiger partial charge in [-0.1, -0.05) is 23.7 Å². The van der Waals surface area contributed by atoms with Gasteiger partial charge in [0.25, 0.3) is 0 Å². The van der Waals surface area contributed by atoms with Gasteiger partial charge in [0.15, 0.2) is 0 Å². The first-order chi connectivity index (χ1) is 14.7. The number of carbonyl (C=O) groups is 1. The highest BCUT2D eigenvalue weighted by molar-refractivity contribution is 7.89. The molecular formula is C22H28Cl2N4O3S. The van der Waals surface area contributed by atoms with Crippen LogP contribution in [-0.2, 0) is 14.8 Å². The maximum atomic E-state index is 13.1. The van der Waals surface area contributed by atoms with Crippen LogP contribution in [0.1, 0.15) is 25.7 Å². The standard InChI is InChI=1S/C22H27ClN4O3S.ClH/c23-19-7-5-18-12-20(8-6-17(18)11-19)31(29,30)27-10-9-26(21(28)14-27)13-15-1-3-16(4-2-15)22(24)25;/h5-8,11-12,15-16H,1-4,9-10,13-14H2,(H3,24,25);1H/t15-,16-;. The van der Waals surface area contributed by atoms with Crippen molar-refractivity contribution in [3.05, 3.63) is 41.4 Å². The average molecular weight is 499 g/mol. The number of nitrogens with two attached hydrogens (primary N) is 1. The molecule has 1 aliphatic heterocycles. The molecule has 1 amide bonds. The van der Waals surface area contributed by atoms with Crippen molar-refractivity contribution in [1.82, 2.24) is 9.21 Å². The first-order valence-electron chi connectivity index (χ1n) is 10.5. The van der Waals surface area contributed by atoms with E-state index < -0.39 is 10.0 Å². The minimum absolute atomic E-state index is 0. The van der Waals surface area contributed by atoms with Crippen LogP contribution in [0, 0.1) is 17.2 Å². The number of nitrogens with zero attached hydrogens (tertiary/aromatic N) is 2. The Balaban J connectivity index is 0.00000289. The summed E-state index contributed by atoms with van der Waals surface area (Å²) in [5.74, 6) is 0.642. The van der Waals surface area contributed by atoms with Crippen molar-refractivity contribution in [3.8, 4) is 0 Å². The summed E-state index contributed by atoms with van der Waals surface area (Å²) in [6, 6.07) is 10.2. The van der Waals surface area contributed by atoms with Gasteiger partial charge in [-0.15, -0.1) is 12.4 Å². The average Bonchev–Trinajstić information content (AvgIpc) is 2.75. The summed E-state index contributed by atoms with van der Waals surface area (Å²) in [7, 11) is -3.75. The highest BCUT2D eigenvalue weighted by Crippen LogP contribution is 2.30. The van der Waals surface area contributed by atoms with Crippen LogP contribution in [0.3, 0.4) is 0 Å². The van der Waals surface area contributed by atoms with Crippen LogP contribution in [-0.4, -0.2) is 55.5 Å². The van der Waals surface area contributed by atoms with Crippen molar-refractivity contribution in [3.63, 3.8) is 0 Å². The maximum Gasteiger partial charge on any atom is 0.243 e. The number of amidine groups is 1. The second-order valence-electron chi connectivity index (χ2n) is 8.50. The zero-order chi connectivity index (χ0) is 22.2. The molecule has 0 spiro atoms. The summed E-state index contributed by atoms with van der Waals surface area (Å²) in [4.78, 5) is 14.7. The lowest BCUT2D eigenvalue weighted by atomic mass is 9.81. The third-order valence-electron chi connectivity index (χ3n) is 6.46. The molecule has 4 rings (SSSR count). The van der Waals surface area contributed by atoms with Crippen LogP contribution in [0.4, 0.5) is 0 Å². The van der Waals surface area contributed by atoms with E-state index in [2.05, 4.69) is 0 Å². The van der Waals surface area contributed by atoms with Crippen LogP contribution in [0.25, 0.3) is 10.8 Å². The third kappa shape index (κ3) is 5.20. The second kappa shape index (κ2) is 9.95. The Hall–Kier alpha value is -1.87. The lowest BCUT2D eigenvalue weighted by molar-refractivity contribution is -0.134. The van der Waals surface area contributed by atoms with Crippen LogP contribution in [0.15, 0.2) is 41.3 Å². The zero-order valence-electron chi connectivity index (χ0n) is 17.7. The fraction of sp³-hybridized carbons (Fsp3) is 0.455. The van der Waals surface area contributed by atoms with E-state index in [0.29, 0.717) is 24.0 Å². The molecule has 2 fully saturated rings. The predicted molar refractivity (Wildman–Crippen MR) is 129 cm³/mol. The normalized spacial score (nSPS) is 22.5. The minimum Gasteiger partial charge on any atom is -0.387 e. The van der Waals surface area contributed by atoms with Crippen molar-refractivity contribution >= 4 is 56.5 Å². The molecule has 1 saturated carbocycles. The molecule has 0 atom stereocenters. The van der Waals surface area contributed by atoms with Gasteiger partial charge in [-0.25, -0.2) is 8.42 Å². The Morgan fingerprint density at radius 3 is 2.38 bits per heavy atom. The van der Waals surface area contributed by atoms with Gasteiger partial charge in [-0.05, 0) is 66.6 Å². The Morgan fingerprint density at radius 1 is 1.06 bits per heavy atom. The smallest absolute Gasteiger partial charge is 0.243 e. The van der Waals surface area contributed by atoms with Crippen molar-refractivity contribution in [2.24, 2.45) is 17.6 Å². The van der Waals surface area contributed by atoms with Crippen LogP contribution < -0.4 is 5.73 Å². The molecule has 0 radical (unpaired) electrons.